The van der Waals surface area contributed by atoms with E-state index in [9.17, 15) is 4.79 Å². The van der Waals surface area contributed by atoms with Crippen molar-refractivity contribution in [2.24, 2.45) is 11.7 Å². The van der Waals surface area contributed by atoms with Gasteiger partial charge in [0.1, 0.15) is 0 Å². The highest BCUT2D eigenvalue weighted by molar-refractivity contribution is 5.89. The smallest absolute Gasteiger partial charge is 0.321 e. The van der Waals surface area contributed by atoms with Gasteiger partial charge in [0.15, 0.2) is 0 Å². The van der Waals surface area contributed by atoms with Crippen LogP contribution < -0.4 is 11.1 Å². The standard InChI is InChI=1S/C14H19N3O/c1-2-10-4-3-5-12(6-10)16-13(18)17-8-11-7-14(11,15)9-17/h3-6,11H,2,7-9,15H2,1H3,(H,16,18)/t11-,14+/m1/s1. The number of aryl methyl sites for hydroxylation is 1. The number of nitrogens with one attached hydrogen (secondary N) is 1. The molecule has 0 aromatic heterocycles. The van der Waals surface area contributed by atoms with Gasteiger partial charge in [0.05, 0.1) is 0 Å². The van der Waals surface area contributed by atoms with Crippen LogP contribution in [-0.2, 0) is 6.42 Å². The Hall–Kier alpha value is -1.55. The average molecular weight is 245 g/mol. The van der Waals surface area contributed by atoms with Crippen LogP contribution in [0.25, 0.3) is 0 Å². The molecule has 2 aliphatic rings. The van der Waals surface area contributed by atoms with E-state index < -0.39 is 0 Å². The molecule has 0 radical (unpaired) electrons. The van der Waals surface area contributed by atoms with Crippen LogP contribution in [0.1, 0.15) is 18.9 Å². The maximum atomic E-state index is 12.1. The molecule has 2 amide bonds. The molecule has 1 saturated carbocycles. The molecule has 0 unspecified atom stereocenters. The fourth-order valence-corrected chi connectivity index (χ4v) is 2.75. The van der Waals surface area contributed by atoms with Crippen LogP contribution in [-0.4, -0.2) is 29.6 Å². The van der Waals surface area contributed by atoms with Crippen LogP contribution in [0.15, 0.2) is 24.3 Å². The van der Waals surface area contributed by atoms with Crippen molar-refractivity contribution >= 4 is 11.7 Å². The van der Waals surface area contributed by atoms with Crippen LogP contribution in [0.3, 0.4) is 0 Å². The number of piperidine rings is 1. The van der Waals surface area contributed by atoms with Crippen molar-refractivity contribution < 1.29 is 4.79 Å². The number of benzene rings is 1. The molecule has 0 bridgehead atoms. The summed E-state index contributed by atoms with van der Waals surface area (Å²) in [6, 6.07) is 7.95. The van der Waals surface area contributed by atoms with Crippen molar-refractivity contribution in [3.8, 4) is 0 Å². The van der Waals surface area contributed by atoms with Gasteiger partial charge in [0.2, 0.25) is 0 Å². The molecule has 3 N–H and O–H groups in total. The summed E-state index contributed by atoms with van der Waals surface area (Å²) in [5.41, 5.74) is 8.11. The highest BCUT2D eigenvalue weighted by Gasteiger charge is 2.58. The van der Waals surface area contributed by atoms with Crippen LogP contribution in [0, 0.1) is 5.92 Å². The van der Waals surface area contributed by atoms with Gasteiger partial charge in [-0.05, 0) is 36.5 Å². The number of anilines is 1. The highest BCUT2D eigenvalue weighted by Crippen LogP contribution is 2.47. The Bertz CT molecular complexity index is 488. The molecule has 3 rings (SSSR count). The Morgan fingerprint density at radius 2 is 2.44 bits per heavy atom. The van der Waals surface area contributed by atoms with Gasteiger partial charge in [-0.25, -0.2) is 4.79 Å². The van der Waals surface area contributed by atoms with Crippen molar-refractivity contribution in [2.45, 2.75) is 25.3 Å². The topological polar surface area (TPSA) is 58.4 Å². The van der Waals surface area contributed by atoms with Gasteiger partial charge in [-0.2, -0.15) is 0 Å². The van der Waals surface area contributed by atoms with Crippen molar-refractivity contribution in [1.29, 1.82) is 0 Å². The number of rotatable bonds is 2. The molecule has 1 aliphatic heterocycles. The number of likely N-dealkylation sites (tertiary alicyclic amines) is 1. The maximum absolute atomic E-state index is 12.1. The second kappa shape index (κ2) is 3.99. The number of hydrogen-bond acceptors (Lipinski definition) is 2. The number of urea groups is 1. The molecule has 1 aromatic carbocycles. The fourth-order valence-electron chi connectivity index (χ4n) is 2.75. The van der Waals surface area contributed by atoms with Crippen molar-refractivity contribution in [3.05, 3.63) is 29.8 Å². The van der Waals surface area contributed by atoms with E-state index in [1.165, 1.54) is 5.56 Å². The van der Waals surface area contributed by atoms with Gasteiger partial charge in [0, 0.05) is 24.3 Å². The molecule has 1 aromatic rings. The highest BCUT2D eigenvalue weighted by atomic mass is 16.2. The third kappa shape index (κ3) is 1.97. The third-order valence-corrected chi connectivity index (χ3v) is 4.08. The minimum absolute atomic E-state index is 0.0275. The van der Waals surface area contributed by atoms with E-state index in [0.717, 1.165) is 25.1 Å². The van der Waals surface area contributed by atoms with Crippen LogP contribution in [0.5, 0.6) is 0 Å². The number of fused-ring (bicyclic) bond motifs is 1. The Kier molecular flexibility index (Phi) is 2.55. The maximum Gasteiger partial charge on any atom is 0.321 e. The minimum Gasteiger partial charge on any atom is -0.323 e. The molecule has 2 atom stereocenters. The minimum atomic E-state index is -0.0807. The monoisotopic (exact) mass is 245 g/mol. The molecule has 96 valence electrons. The average Bonchev–Trinajstić information content (AvgIpc) is 2.87. The SMILES string of the molecule is CCc1cccc(NC(=O)N2C[C@H]3C[C@]3(N)C2)c1. The molecule has 4 heteroatoms. The summed E-state index contributed by atoms with van der Waals surface area (Å²) < 4.78 is 0. The summed E-state index contributed by atoms with van der Waals surface area (Å²) in [6.45, 7) is 3.60. The van der Waals surface area contributed by atoms with Gasteiger partial charge in [0.25, 0.3) is 0 Å². The zero-order valence-electron chi connectivity index (χ0n) is 10.6. The van der Waals surface area contributed by atoms with E-state index in [1.54, 1.807) is 0 Å². The molecule has 1 aliphatic carbocycles. The van der Waals surface area contributed by atoms with E-state index in [-0.39, 0.29) is 11.6 Å². The number of hydrogen-bond donors (Lipinski definition) is 2. The number of nitrogens with zero attached hydrogens (tertiary/aromatic N) is 1. The van der Waals surface area contributed by atoms with Crippen LogP contribution >= 0.6 is 0 Å². The van der Waals surface area contributed by atoms with Crippen molar-refractivity contribution in [1.82, 2.24) is 4.90 Å². The van der Waals surface area contributed by atoms with E-state index in [2.05, 4.69) is 18.3 Å². The van der Waals surface area contributed by atoms with Gasteiger partial charge in [-0.3, -0.25) is 0 Å². The quantitative estimate of drug-likeness (QED) is 0.835. The predicted molar refractivity (Wildman–Crippen MR) is 71.4 cm³/mol. The lowest BCUT2D eigenvalue weighted by Crippen LogP contribution is -2.39. The van der Waals surface area contributed by atoms with Crippen molar-refractivity contribution in [3.63, 3.8) is 0 Å². The van der Waals surface area contributed by atoms with E-state index in [0.29, 0.717) is 12.5 Å². The molecule has 0 spiro atoms. The zero-order valence-corrected chi connectivity index (χ0v) is 10.6. The number of nitrogens with two attached hydrogens (primary N) is 1. The van der Waals surface area contributed by atoms with E-state index in [1.807, 2.05) is 23.1 Å². The first-order chi connectivity index (χ1) is 8.60. The summed E-state index contributed by atoms with van der Waals surface area (Å²) in [5, 5.41) is 2.95. The summed E-state index contributed by atoms with van der Waals surface area (Å²) in [7, 11) is 0. The second-order valence-electron chi connectivity index (χ2n) is 5.50. The summed E-state index contributed by atoms with van der Waals surface area (Å²) >= 11 is 0. The lowest BCUT2D eigenvalue weighted by Gasteiger charge is -2.20. The van der Waals surface area contributed by atoms with Gasteiger partial charge in [-0.15, -0.1) is 0 Å². The fraction of sp³-hybridized carbons (Fsp3) is 0.500. The zero-order chi connectivity index (χ0) is 12.8. The number of amides is 2. The first kappa shape index (κ1) is 11.5. The van der Waals surface area contributed by atoms with Crippen molar-refractivity contribution in [2.75, 3.05) is 18.4 Å². The summed E-state index contributed by atoms with van der Waals surface area (Å²) in [4.78, 5) is 13.9. The first-order valence-corrected chi connectivity index (χ1v) is 6.54. The third-order valence-electron chi connectivity index (χ3n) is 4.08. The van der Waals surface area contributed by atoms with Gasteiger partial charge >= 0.3 is 6.03 Å². The Balaban J connectivity index is 1.64. The lowest BCUT2D eigenvalue weighted by molar-refractivity contribution is 0.216. The Labute approximate surface area is 107 Å². The molecule has 2 fully saturated rings. The molecule has 1 saturated heterocycles. The summed E-state index contributed by atoms with van der Waals surface area (Å²) in [6.07, 6.45) is 2.05. The number of carbonyl (C=O) groups is 1. The first-order valence-electron chi connectivity index (χ1n) is 6.54. The molecular weight excluding hydrogens is 226 g/mol. The normalized spacial score (nSPS) is 29.0. The van der Waals surface area contributed by atoms with Gasteiger partial charge in [-0.1, -0.05) is 19.1 Å². The predicted octanol–water partition coefficient (Wildman–Crippen LogP) is 1.81. The molecule has 1 heterocycles. The van der Waals surface area contributed by atoms with E-state index in [4.69, 9.17) is 5.73 Å². The largest absolute Gasteiger partial charge is 0.323 e. The molecular formula is C14H19N3O. The Morgan fingerprint density at radius 1 is 1.61 bits per heavy atom. The molecule has 4 nitrogen and oxygen atoms in total. The Morgan fingerprint density at radius 3 is 3.11 bits per heavy atom. The summed E-state index contributed by atoms with van der Waals surface area (Å²) in [5.74, 6) is 0.519. The van der Waals surface area contributed by atoms with Crippen LogP contribution in [0.2, 0.25) is 0 Å². The van der Waals surface area contributed by atoms with E-state index >= 15 is 0 Å². The molecule has 18 heavy (non-hydrogen) atoms. The second-order valence-corrected chi connectivity index (χ2v) is 5.50. The lowest BCUT2D eigenvalue weighted by atomic mass is 10.1. The number of carbonyl (C=O) groups excluding carboxylic acids is 1. The van der Waals surface area contributed by atoms with Gasteiger partial charge < -0.3 is 16.0 Å². The van der Waals surface area contributed by atoms with Crippen LogP contribution in [0.4, 0.5) is 10.5 Å².